The van der Waals surface area contributed by atoms with Crippen LogP contribution >= 0.6 is 31.9 Å². The third-order valence-electron chi connectivity index (χ3n) is 7.56. The monoisotopic (exact) mass is 656 g/mol. The van der Waals surface area contributed by atoms with E-state index in [1.807, 2.05) is 0 Å². The maximum absolute atomic E-state index is 3.75. The number of para-hydroxylation sites is 2. The lowest BCUT2D eigenvalue weighted by molar-refractivity contribution is 1.17. The highest BCUT2D eigenvalue weighted by atomic mass is 79.9. The summed E-state index contributed by atoms with van der Waals surface area (Å²) in [5.41, 5.74) is 12.0. The van der Waals surface area contributed by atoms with Crippen LogP contribution in [-0.4, -0.2) is 0 Å². The molecule has 0 aromatic heterocycles. The summed E-state index contributed by atoms with van der Waals surface area (Å²) in [4.78, 5) is 4.79. The Bertz CT molecular complexity index is 1850. The van der Waals surface area contributed by atoms with Gasteiger partial charge in [0.05, 0.1) is 11.4 Å². The average Bonchev–Trinajstić information content (AvgIpc) is 3.38. The van der Waals surface area contributed by atoms with E-state index in [4.69, 9.17) is 0 Å². The van der Waals surface area contributed by atoms with E-state index in [0.29, 0.717) is 0 Å². The van der Waals surface area contributed by atoms with Crippen LogP contribution in [0.1, 0.15) is 11.1 Å². The van der Waals surface area contributed by atoms with Crippen LogP contribution in [0.5, 0.6) is 0 Å². The highest BCUT2D eigenvalue weighted by molar-refractivity contribution is 9.10. The van der Waals surface area contributed by atoms with Gasteiger partial charge in [0.1, 0.15) is 0 Å². The summed E-state index contributed by atoms with van der Waals surface area (Å²) in [5, 5.41) is 0. The summed E-state index contributed by atoms with van der Waals surface area (Å²) in [6.07, 6.45) is 0.868. The predicted molar refractivity (Wildman–Crippen MR) is 179 cm³/mol. The van der Waals surface area contributed by atoms with Crippen molar-refractivity contribution in [3.63, 3.8) is 0 Å². The van der Waals surface area contributed by atoms with Gasteiger partial charge in [0.25, 0.3) is 0 Å². The molecule has 0 N–H and O–H groups in total. The van der Waals surface area contributed by atoms with Crippen LogP contribution in [0.25, 0.3) is 11.1 Å². The summed E-state index contributed by atoms with van der Waals surface area (Å²) in [7, 11) is 0. The Morgan fingerprint density at radius 3 is 1.61 bits per heavy atom. The van der Waals surface area contributed by atoms with Crippen molar-refractivity contribution in [2.45, 2.75) is 6.42 Å². The van der Waals surface area contributed by atoms with E-state index < -0.39 is 0 Å². The first kappa shape index (κ1) is 25.8. The molecule has 198 valence electrons. The lowest BCUT2D eigenvalue weighted by atomic mass is 10.00. The van der Waals surface area contributed by atoms with Gasteiger partial charge in [-0.15, -0.1) is 0 Å². The summed E-state index contributed by atoms with van der Waals surface area (Å²) in [6, 6.07) is 51.8. The van der Waals surface area contributed by atoms with Crippen molar-refractivity contribution >= 4 is 66.0 Å². The molecule has 6 aromatic carbocycles. The molecule has 4 heteroatoms. The molecule has 0 saturated heterocycles. The molecule has 41 heavy (non-hydrogen) atoms. The van der Waals surface area contributed by atoms with Crippen molar-refractivity contribution in [1.29, 1.82) is 0 Å². The van der Waals surface area contributed by atoms with Gasteiger partial charge in [-0.1, -0.05) is 111 Å². The molecule has 2 nitrogen and oxygen atoms in total. The highest BCUT2D eigenvalue weighted by Crippen LogP contribution is 2.52. The minimum atomic E-state index is 0.868. The Kier molecular flexibility index (Phi) is 6.95. The van der Waals surface area contributed by atoms with Crippen LogP contribution in [0.4, 0.5) is 34.1 Å². The fourth-order valence-electron chi connectivity index (χ4n) is 5.83. The second-order valence-electron chi connectivity index (χ2n) is 10.1. The first-order chi connectivity index (χ1) is 20.2. The number of hydrogen-bond acceptors (Lipinski definition) is 2. The van der Waals surface area contributed by atoms with Gasteiger partial charge in [0.2, 0.25) is 0 Å². The second-order valence-corrected chi connectivity index (χ2v) is 11.9. The molecule has 0 spiro atoms. The van der Waals surface area contributed by atoms with E-state index in [1.54, 1.807) is 0 Å². The first-order valence-corrected chi connectivity index (χ1v) is 15.2. The fourth-order valence-corrected chi connectivity index (χ4v) is 6.61. The third kappa shape index (κ3) is 4.88. The fraction of sp³-hybridized carbons (Fsp3) is 0.0270. The zero-order valence-electron chi connectivity index (χ0n) is 22.2. The predicted octanol–water partition coefficient (Wildman–Crippen LogP) is 11.7. The molecular weight excluding hydrogens is 632 g/mol. The van der Waals surface area contributed by atoms with Crippen LogP contribution < -0.4 is 9.80 Å². The molecule has 0 atom stereocenters. The Labute approximate surface area is 257 Å². The first-order valence-electron chi connectivity index (χ1n) is 13.6. The standard InChI is InChI=1S/C37H26Br2N2/c38-27-12-9-18-31(24-27)40(29-14-3-1-4-15-29)36-22-21-34-33-20-8-7-11-26(33)23-35(34)37(36)41(30-16-5-2-6-17-30)32-19-10-13-28(39)25-32/h1-22,24-25H,23H2. The SMILES string of the molecule is Brc1cccc(N(c2ccccc2)c2ccc3c(c2N(c2ccccc2)c2cccc(Br)c2)Cc2ccccc2-3)c1. The van der Waals surface area contributed by atoms with Crippen molar-refractivity contribution in [3.8, 4) is 11.1 Å². The van der Waals surface area contributed by atoms with Crippen molar-refractivity contribution in [2.24, 2.45) is 0 Å². The lowest BCUT2D eigenvalue weighted by Gasteiger charge is -2.35. The minimum absolute atomic E-state index is 0.868. The molecule has 0 fully saturated rings. The quantitative estimate of drug-likeness (QED) is 0.175. The molecule has 1 aliphatic rings. The van der Waals surface area contributed by atoms with Gasteiger partial charge in [0.15, 0.2) is 0 Å². The average molecular weight is 658 g/mol. The number of benzene rings is 6. The van der Waals surface area contributed by atoms with E-state index >= 15 is 0 Å². The molecule has 0 aliphatic heterocycles. The maximum Gasteiger partial charge on any atom is 0.0744 e. The Morgan fingerprint density at radius 1 is 0.439 bits per heavy atom. The van der Waals surface area contributed by atoms with E-state index in [9.17, 15) is 0 Å². The van der Waals surface area contributed by atoms with Crippen LogP contribution in [0, 0.1) is 0 Å². The number of hydrogen-bond donors (Lipinski definition) is 0. The van der Waals surface area contributed by atoms with Crippen LogP contribution in [0.15, 0.2) is 155 Å². The Balaban J connectivity index is 1.57. The van der Waals surface area contributed by atoms with Crippen molar-refractivity contribution in [3.05, 3.63) is 166 Å². The Hall–Kier alpha value is -4.12. The smallest absolute Gasteiger partial charge is 0.0744 e. The second kappa shape index (κ2) is 11.0. The molecule has 0 bridgehead atoms. The summed E-state index contributed by atoms with van der Waals surface area (Å²) < 4.78 is 2.08. The van der Waals surface area contributed by atoms with Crippen molar-refractivity contribution < 1.29 is 0 Å². The zero-order chi connectivity index (χ0) is 27.8. The number of fused-ring (bicyclic) bond motifs is 3. The molecule has 0 unspecified atom stereocenters. The van der Waals surface area contributed by atoms with Crippen molar-refractivity contribution in [2.75, 3.05) is 9.80 Å². The number of nitrogens with zero attached hydrogens (tertiary/aromatic N) is 2. The van der Waals surface area contributed by atoms with Gasteiger partial charge in [0, 0.05) is 38.1 Å². The molecule has 0 radical (unpaired) electrons. The molecule has 0 amide bonds. The maximum atomic E-state index is 3.75. The van der Waals surface area contributed by atoms with Gasteiger partial charge >= 0.3 is 0 Å². The van der Waals surface area contributed by atoms with Gasteiger partial charge in [-0.3, -0.25) is 0 Å². The van der Waals surface area contributed by atoms with E-state index in [-0.39, 0.29) is 0 Å². The molecular formula is C37H26Br2N2. The third-order valence-corrected chi connectivity index (χ3v) is 8.55. The van der Waals surface area contributed by atoms with Gasteiger partial charge < -0.3 is 9.80 Å². The topological polar surface area (TPSA) is 6.48 Å². The van der Waals surface area contributed by atoms with E-state index in [0.717, 1.165) is 43.8 Å². The molecule has 0 saturated carbocycles. The molecule has 0 heterocycles. The summed E-state index contributed by atoms with van der Waals surface area (Å²) in [6.45, 7) is 0. The Morgan fingerprint density at radius 2 is 0.976 bits per heavy atom. The van der Waals surface area contributed by atoms with E-state index in [1.165, 1.54) is 27.9 Å². The van der Waals surface area contributed by atoms with Gasteiger partial charge in [-0.2, -0.15) is 0 Å². The van der Waals surface area contributed by atoms with Gasteiger partial charge in [-0.05, 0) is 89.0 Å². The highest BCUT2D eigenvalue weighted by Gasteiger charge is 2.30. The molecule has 6 aromatic rings. The summed E-state index contributed by atoms with van der Waals surface area (Å²) >= 11 is 7.48. The number of halogens is 2. The molecule has 7 rings (SSSR count). The molecule has 1 aliphatic carbocycles. The van der Waals surface area contributed by atoms with Crippen LogP contribution in [0.3, 0.4) is 0 Å². The number of anilines is 6. The lowest BCUT2D eigenvalue weighted by Crippen LogP contribution is -2.18. The van der Waals surface area contributed by atoms with Crippen LogP contribution in [0.2, 0.25) is 0 Å². The van der Waals surface area contributed by atoms with Crippen molar-refractivity contribution in [1.82, 2.24) is 0 Å². The van der Waals surface area contributed by atoms with E-state index in [2.05, 4.69) is 187 Å². The minimum Gasteiger partial charge on any atom is -0.308 e. The van der Waals surface area contributed by atoms with Crippen LogP contribution in [-0.2, 0) is 6.42 Å². The summed E-state index contributed by atoms with van der Waals surface area (Å²) in [5.74, 6) is 0. The normalized spacial score (nSPS) is 11.6. The number of rotatable bonds is 6. The zero-order valence-corrected chi connectivity index (χ0v) is 25.4. The largest absolute Gasteiger partial charge is 0.308 e. The van der Waals surface area contributed by atoms with Gasteiger partial charge in [-0.25, -0.2) is 0 Å².